The number of alkyl halides is 1. The number of hydrogen-bond acceptors (Lipinski definition) is 3. The summed E-state index contributed by atoms with van der Waals surface area (Å²) in [6, 6.07) is 10.6. The Morgan fingerprint density at radius 2 is 1.85 bits per heavy atom. The normalized spacial score (nSPS) is 11.7. The van der Waals surface area contributed by atoms with Gasteiger partial charge in [0, 0.05) is 11.4 Å². The molecule has 0 spiro atoms. The van der Waals surface area contributed by atoms with E-state index >= 15 is 0 Å². The summed E-state index contributed by atoms with van der Waals surface area (Å²) in [5.74, 6) is -0.288. The molecule has 2 aromatic rings. The van der Waals surface area contributed by atoms with Crippen molar-refractivity contribution in [3.8, 4) is 0 Å². The highest BCUT2D eigenvalue weighted by Gasteiger charge is 2.10. The molecule has 20 heavy (non-hydrogen) atoms. The van der Waals surface area contributed by atoms with E-state index in [9.17, 15) is 9.59 Å². The number of thiophene rings is 1. The summed E-state index contributed by atoms with van der Waals surface area (Å²) in [5, 5.41) is 7.40. The molecule has 0 fully saturated rings. The molecule has 1 aromatic heterocycles. The largest absolute Gasteiger partial charge is 0.325 e. The molecule has 1 unspecified atom stereocenters. The smallest absolute Gasteiger partial charge is 0.265 e. The van der Waals surface area contributed by atoms with Crippen LogP contribution in [0.2, 0.25) is 0 Å². The zero-order chi connectivity index (χ0) is 14.5. The number of nitrogens with one attached hydrogen (secondary N) is 2. The van der Waals surface area contributed by atoms with Gasteiger partial charge in [0.2, 0.25) is 5.91 Å². The van der Waals surface area contributed by atoms with Gasteiger partial charge in [0.1, 0.15) is 0 Å². The summed E-state index contributed by atoms with van der Waals surface area (Å²) >= 11 is 4.58. The quantitative estimate of drug-likeness (QED) is 0.823. The molecule has 0 saturated carbocycles. The van der Waals surface area contributed by atoms with E-state index in [2.05, 4.69) is 26.6 Å². The third-order valence-electron chi connectivity index (χ3n) is 2.49. The van der Waals surface area contributed by atoms with Crippen LogP contribution in [0.15, 0.2) is 41.8 Å². The van der Waals surface area contributed by atoms with Crippen molar-refractivity contribution in [2.24, 2.45) is 0 Å². The van der Waals surface area contributed by atoms with Gasteiger partial charge >= 0.3 is 0 Å². The number of amides is 2. The van der Waals surface area contributed by atoms with Crippen molar-refractivity contribution in [2.45, 2.75) is 11.8 Å². The number of carbonyl (C=O) groups excluding carboxylic acids is 2. The molecule has 0 aliphatic rings. The molecule has 0 radical (unpaired) electrons. The topological polar surface area (TPSA) is 58.2 Å². The maximum absolute atomic E-state index is 11.9. The van der Waals surface area contributed by atoms with Crippen molar-refractivity contribution < 1.29 is 9.59 Å². The third kappa shape index (κ3) is 3.91. The molecule has 0 saturated heterocycles. The molecular weight excluding hydrogens is 340 g/mol. The van der Waals surface area contributed by atoms with Gasteiger partial charge in [-0.25, -0.2) is 0 Å². The fourth-order valence-corrected chi connectivity index (χ4v) is 2.25. The minimum absolute atomic E-state index is 0.133. The van der Waals surface area contributed by atoms with Crippen molar-refractivity contribution >= 4 is 50.5 Å². The van der Waals surface area contributed by atoms with Gasteiger partial charge in [-0.05, 0) is 36.6 Å². The SMILES string of the molecule is CC(Br)C(=O)Nc1cccc(NC(=O)c2cccs2)c1. The van der Waals surface area contributed by atoms with E-state index in [4.69, 9.17) is 0 Å². The molecule has 0 aliphatic carbocycles. The minimum Gasteiger partial charge on any atom is -0.325 e. The van der Waals surface area contributed by atoms with Crippen molar-refractivity contribution in [3.63, 3.8) is 0 Å². The molecule has 4 nitrogen and oxygen atoms in total. The van der Waals surface area contributed by atoms with Crippen LogP contribution in [0, 0.1) is 0 Å². The average Bonchev–Trinajstić information content (AvgIpc) is 2.92. The molecule has 2 rings (SSSR count). The van der Waals surface area contributed by atoms with Gasteiger partial charge in [0.25, 0.3) is 5.91 Å². The van der Waals surface area contributed by atoms with Gasteiger partial charge in [0.15, 0.2) is 0 Å². The maximum atomic E-state index is 11.9. The van der Waals surface area contributed by atoms with Gasteiger partial charge in [-0.3, -0.25) is 9.59 Å². The molecule has 6 heteroatoms. The fraction of sp³-hybridized carbons (Fsp3) is 0.143. The van der Waals surface area contributed by atoms with E-state index in [1.54, 1.807) is 37.3 Å². The summed E-state index contributed by atoms with van der Waals surface area (Å²) in [6.45, 7) is 1.75. The number of rotatable bonds is 4. The number of benzene rings is 1. The Kier molecular flexibility index (Phi) is 4.92. The summed E-state index contributed by atoms with van der Waals surface area (Å²) in [7, 11) is 0. The van der Waals surface area contributed by atoms with Crippen molar-refractivity contribution in [2.75, 3.05) is 10.6 Å². The van der Waals surface area contributed by atoms with Gasteiger partial charge in [-0.2, -0.15) is 0 Å². The highest BCUT2D eigenvalue weighted by Crippen LogP contribution is 2.18. The van der Waals surface area contributed by atoms with Gasteiger partial charge in [-0.15, -0.1) is 11.3 Å². The van der Waals surface area contributed by atoms with Crippen LogP contribution < -0.4 is 10.6 Å². The van der Waals surface area contributed by atoms with E-state index in [0.29, 0.717) is 16.3 Å². The molecule has 1 atom stereocenters. The van der Waals surface area contributed by atoms with E-state index in [1.165, 1.54) is 11.3 Å². The number of anilines is 2. The van der Waals surface area contributed by atoms with Gasteiger partial charge < -0.3 is 10.6 Å². The lowest BCUT2D eigenvalue weighted by Gasteiger charge is -2.09. The van der Waals surface area contributed by atoms with E-state index < -0.39 is 0 Å². The first-order valence-corrected chi connectivity index (χ1v) is 7.75. The molecule has 104 valence electrons. The summed E-state index contributed by atoms with van der Waals surface area (Å²) in [5.41, 5.74) is 1.29. The first-order valence-electron chi connectivity index (χ1n) is 5.96. The number of hydrogen-bond donors (Lipinski definition) is 2. The highest BCUT2D eigenvalue weighted by atomic mass is 79.9. The van der Waals surface area contributed by atoms with Gasteiger partial charge in [-0.1, -0.05) is 28.1 Å². The molecule has 2 amide bonds. The first-order chi connectivity index (χ1) is 9.56. The van der Waals surface area contributed by atoms with E-state index in [1.807, 2.05) is 11.4 Å². The Labute approximate surface area is 129 Å². The Morgan fingerprint density at radius 3 is 2.45 bits per heavy atom. The second kappa shape index (κ2) is 6.67. The Morgan fingerprint density at radius 1 is 1.15 bits per heavy atom. The van der Waals surface area contributed by atoms with Crippen LogP contribution in [-0.2, 0) is 4.79 Å². The summed E-state index contributed by atoms with van der Waals surface area (Å²) < 4.78 is 0. The molecule has 0 aliphatic heterocycles. The average molecular weight is 353 g/mol. The van der Waals surface area contributed by atoms with Crippen molar-refractivity contribution in [3.05, 3.63) is 46.7 Å². The predicted octanol–water partition coefficient (Wildman–Crippen LogP) is 3.72. The standard InChI is InChI=1S/C14H13BrN2O2S/c1-9(15)13(18)16-10-4-2-5-11(8-10)17-14(19)12-6-3-7-20-12/h2-9H,1H3,(H,16,18)(H,17,19). The molecule has 1 aromatic carbocycles. The molecule has 0 bridgehead atoms. The molecular formula is C14H13BrN2O2S. The molecule has 1 heterocycles. The second-order valence-corrected chi connectivity index (χ2v) is 6.44. The third-order valence-corrected chi connectivity index (χ3v) is 3.78. The van der Waals surface area contributed by atoms with Crippen LogP contribution in [0.4, 0.5) is 11.4 Å². The predicted molar refractivity (Wildman–Crippen MR) is 85.7 cm³/mol. The lowest BCUT2D eigenvalue weighted by atomic mass is 10.2. The highest BCUT2D eigenvalue weighted by molar-refractivity contribution is 9.10. The van der Waals surface area contributed by atoms with E-state index in [0.717, 1.165) is 0 Å². The van der Waals surface area contributed by atoms with Gasteiger partial charge in [0.05, 0.1) is 9.70 Å². The minimum atomic E-state index is -0.271. The lowest BCUT2D eigenvalue weighted by Crippen LogP contribution is -2.20. The Bertz CT molecular complexity index is 611. The number of carbonyl (C=O) groups is 2. The fourth-order valence-electron chi connectivity index (χ4n) is 1.52. The van der Waals surface area contributed by atoms with Crippen LogP contribution in [0.25, 0.3) is 0 Å². The van der Waals surface area contributed by atoms with E-state index in [-0.39, 0.29) is 16.6 Å². The van der Waals surface area contributed by atoms with Crippen LogP contribution >= 0.6 is 27.3 Å². The maximum Gasteiger partial charge on any atom is 0.265 e. The Balaban J connectivity index is 2.06. The van der Waals surface area contributed by atoms with Crippen LogP contribution in [-0.4, -0.2) is 16.6 Å². The lowest BCUT2D eigenvalue weighted by molar-refractivity contribution is -0.115. The molecule has 2 N–H and O–H groups in total. The second-order valence-electron chi connectivity index (χ2n) is 4.12. The first kappa shape index (κ1) is 14.7. The van der Waals surface area contributed by atoms with Crippen molar-refractivity contribution in [1.82, 2.24) is 0 Å². The zero-order valence-electron chi connectivity index (χ0n) is 10.7. The summed E-state index contributed by atoms with van der Waals surface area (Å²) in [4.78, 5) is 23.9. The summed E-state index contributed by atoms with van der Waals surface area (Å²) in [6.07, 6.45) is 0. The Hall–Kier alpha value is -1.66. The number of halogens is 1. The zero-order valence-corrected chi connectivity index (χ0v) is 13.1. The monoisotopic (exact) mass is 352 g/mol. The van der Waals surface area contributed by atoms with Crippen LogP contribution in [0.3, 0.4) is 0 Å². The van der Waals surface area contributed by atoms with Crippen LogP contribution in [0.5, 0.6) is 0 Å². The van der Waals surface area contributed by atoms with Crippen LogP contribution in [0.1, 0.15) is 16.6 Å². The van der Waals surface area contributed by atoms with Crippen molar-refractivity contribution in [1.29, 1.82) is 0 Å².